The number of nitrogens with zero attached hydrogens (tertiary/aromatic N) is 2. The maximum Gasteiger partial charge on any atom is 0.252 e. The van der Waals surface area contributed by atoms with E-state index < -0.39 is 10.0 Å². The number of anilines is 2. The molecule has 1 aliphatic carbocycles. The summed E-state index contributed by atoms with van der Waals surface area (Å²) in [5, 5.41) is 0. The molecule has 1 N–H and O–H groups in total. The quantitative estimate of drug-likeness (QED) is 0.620. The lowest BCUT2D eigenvalue weighted by Crippen LogP contribution is -2.44. The molecule has 5 nitrogen and oxygen atoms in total. The fourth-order valence-electron chi connectivity index (χ4n) is 4.08. The molecule has 2 heterocycles. The second-order valence-corrected chi connectivity index (χ2v) is 12.6. The molecular weight excluding hydrogens is 429 g/mol. The number of hydrogen-bond acceptors (Lipinski definition) is 6. The third-order valence-corrected chi connectivity index (χ3v) is 10.4. The van der Waals surface area contributed by atoms with Crippen LogP contribution in [0.1, 0.15) is 32.1 Å². The number of sulfonamides is 1. The van der Waals surface area contributed by atoms with E-state index in [2.05, 4.69) is 9.62 Å². The monoisotopic (exact) mass is 455 g/mol. The lowest BCUT2D eigenvalue weighted by Gasteiger charge is -2.48. The topological polar surface area (TPSA) is 52.7 Å². The fourth-order valence-corrected chi connectivity index (χ4v) is 7.52. The minimum Gasteiger partial charge on any atom is -0.367 e. The SMILES string of the molecule is CN(C)S(=O)(=O)c1ccc(SNc2cccc(F)c2N2CCC3(CCC3)CC2)s1. The van der Waals surface area contributed by atoms with E-state index in [1.165, 1.54) is 67.0 Å². The van der Waals surface area contributed by atoms with Crippen LogP contribution < -0.4 is 9.62 Å². The molecule has 0 bridgehead atoms. The lowest BCUT2D eigenvalue weighted by molar-refractivity contribution is 0.0953. The molecule has 1 aromatic heterocycles. The molecule has 1 spiro atoms. The molecule has 0 unspecified atom stereocenters. The molecule has 9 heteroatoms. The standard InChI is InChI=1S/C20H26FN3O2S3/c1-23(2)29(25,26)18-8-7-17(27-18)28-22-16-6-3-5-15(21)19(16)24-13-11-20(12-14-24)9-4-10-20/h3,5-8,22H,4,9-14H2,1-2H3. The van der Waals surface area contributed by atoms with Gasteiger partial charge in [-0.1, -0.05) is 12.5 Å². The average molecular weight is 456 g/mol. The Morgan fingerprint density at radius 3 is 2.48 bits per heavy atom. The molecular formula is C20H26FN3O2S3. The van der Waals surface area contributed by atoms with E-state index in [-0.39, 0.29) is 5.82 Å². The lowest BCUT2D eigenvalue weighted by atomic mass is 9.63. The van der Waals surface area contributed by atoms with Crippen molar-refractivity contribution in [2.75, 3.05) is 36.8 Å². The number of hydrogen-bond donors (Lipinski definition) is 1. The maximum atomic E-state index is 14.7. The summed E-state index contributed by atoms with van der Waals surface area (Å²) in [7, 11) is -0.398. The molecule has 29 heavy (non-hydrogen) atoms. The Kier molecular flexibility index (Phi) is 5.85. The highest BCUT2D eigenvalue weighted by Crippen LogP contribution is 2.50. The first-order valence-electron chi connectivity index (χ1n) is 9.79. The third kappa shape index (κ3) is 4.15. The van der Waals surface area contributed by atoms with Crippen molar-refractivity contribution in [2.24, 2.45) is 5.41 Å². The van der Waals surface area contributed by atoms with Gasteiger partial charge in [0.2, 0.25) is 0 Å². The Balaban J connectivity index is 1.47. The molecule has 0 amide bonds. The first-order chi connectivity index (χ1) is 13.8. The van der Waals surface area contributed by atoms with E-state index in [0.29, 0.717) is 15.3 Å². The maximum absolute atomic E-state index is 14.7. The van der Waals surface area contributed by atoms with Crippen LogP contribution in [0, 0.1) is 11.2 Å². The average Bonchev–Trinajstić information content (AvgIpc) is 3.15. The third-order valence-electron chi connectivity index (χ3n) is 6.09. The van der Waals surface area contributed by atoms with Crippen molar-refractivity contribution in [1.29, 1.82) is 0 Å². The molecule has 0 radical (unpaired) electrons. The van der Waals surface area contributed by atoms with Gasteiger partial charge in [-0.25, -0.2) is 17.1 Å². The Morgan fingerprint density at radius 2 is 1.86 bits per heavy atom. The molecule has 2 fully saturated rings. The Labute approximate surface area is 180 Å². The van der Waals surface area contributed by atoms with Crippen molar-refractivity contribution in [3.05, 3.63) is 36.1 Å². The Bertz CT molecular complexity index is 977. The molecule has 4 rings (SSSR count). The normalized spacial score (nSPS) is 18.8. The van der Waals surface area contributed by atoms with Crippen molar-refractivity contribution in [2.45, 2.75) is 40.5 Å². The van der Waals surface area contributed by atoms with E-state index in [0.717, 1.165) is 35.8 Å². The molecule has 0 atom stereocenters. The van der Waals surface area contributed by atoms with Crippen molar-refractivity contribution in [1.82, 2.24) is 4.31 Å². The van der Waals surface area contributed by atoms with E-state index in [1.54, 1.807) is 18.2 Å². The van der Waals surface area contributed by atoms with Gasteiger partial charge < -0.3 is 9.62 Å². The van der Waals surface area contributed by atoms with E-state index in [4.69, 9.17) is 0 Å². The van der Waals surface area contributed by atoms with Crippen LogP contribution in [0.15, 0.2) is 38.8 Å². The number of rotatable bonds is 6. The second-order valence-electron chi connectivity index (χ2n) is 8.04. The predicted octanol–water partition coefficient (Wildman–Crippen LogP) is 5.03. The number of piperidine rings is 1. The fraction of sp³-hybridized carbons (Fsp3) is 0.500. The van der Waals surface area contributed by atoms with Crippen molar-refractivity contribution in [3.63, 3.8) is 0 Å². The largest absolute Gasteiger partial charge is 0.367 e. The van der Waals surface area contributed by atoms with Crippen molar-refractivity contribution in [3.8, 4) is 0 Å². The minimum absolute atomic E-state index is 0.220. The molecule has 1 saturated carbocycles. The highest BCUT2D eigenvalue weighted by molar-refractivity contribution is 8.02. The number of halogens is 1. The van der Waals surface area contributed by atoms with Crippen LogP contribution in [0.3, 0.4) is 0 Å². The zero-order chi connectivity index (χ0) is 20.6. The van der Waals surface area contributed by atoms with Crippen LogP contribution in [0.25, 0.3) is 0 Å². The van der Waals surface area contributed by atoms with Crippen molar-refractivity contribution >= 4 is 44.7 Å². The molecule has 2 aliphatic rings. The number of thiophene rings is 1. The first-order valence-corrected chi connectivity index (χ1v) is 12.9. The van der Waals surface area contributed by atoms with Crippen LogP contribution in [-0.4, -0.2) is 39.9 Å². The zero-order valence-corrected chi connectivity index (χ0v) is 19.1. The Hall–Kier alpha value is -1.29. The van der Waals surface area contributed by atoms with Crippen molar-refractivity contribution < 1.29 is 12.8 Å². The van der Waals surface area contributed by atoms with E-state index in [9.17, 15) is 12.8 Å². The van der Waals surface area contributed by atoms with Crippen LogP contribution in [0.4, 0.5) is 15.8 Å². The zero-order valence-electron chi connectivity index (χ0n) is 16.7. The van der Waals surface area contributed by atoms with Gasteiger partial charge in [-0.3, -0.25) is 0 Å². The number of nitrogens with one attached hydrogen (secondary N) is 1. The van der Waals surface area contributed by atoms with Gasteiger partial charge in [-0.15, -0.1) is 11.3 Å². The predicted molar refractivity (Wildman–Crippen MR) is 119 cm³/mol. The van der Waals surface area contributed by atoms with Gasteiger partial charge in [0.1, 0.15) is 10.0 Å². The highest BCUT2D eigenvalue weighted by atomic mass is 32.3. The number of benzene rings is 1. The molecule has 1 aliphatic heterocycles. The molecule has 1 saturated heterocycles. The van der Waals surface area contributed by atoms with Crippen LogP contribution in [-0.2, 0) is 10.0 Å². The van der Waals surface area contributed by atoms with Crippen LogP contribution in [0.5, 0.6) is 0 Å². The summed E-state index contributed by atoms with van der Waals surface area (Å²) in [4.78, 5) is 2.15. The van der Waals surface area contributed by atoms with Gasteiger partial charge >= 0.3 is 0 Å². The smallest absolute Gasteiger partial charge is 0.252 e. The summed E-state index contributed by atoms with van der Waals surface area (Å²) in [6.07, 6.45) is 6.22. The van der Waals surface area contributed by atoms with E-state index in [1.807, 2.05) is 6.07 Å². The summed E-state index contributed by atoms with van der Waals surface area (Å²) in [5.41, 5.74) is 1.85. The summed E-state index contributed by atoms with van der Waals surface area (Å²) in [6.45, 7) is 1.76. The summed E-state index contributed by atoms with van der Waals surface area (Å²) >= 11 is 2.52. The van der Waals surface area contributed by atoms with Crippen LogP contribution >= 0.6 is 23.3 Å². The van der Waals surface area contributed by atoms with Gasteiger partial charge in [0, 0.05) is 27.2 Å². The number of para-hydroxylation sites is 1. The van der Waals surface area contributed by atoms with Gasteiger partial charge in [-0.2, -0.15) is 0 Å². The summed E-state index contributed by atoms with van der Waals surface area (Å²) in [5.74, 6) is -0.220. The second kappa shape index (κ2) is 8.09. The highest BCUT2D eigenvalue weighted by Gasteiger charge is 2.40. The minimum atomic E-state index is -3.44. The first kappa shape index (κ1) is 21.0. The molecule has 158 valence electrons. The summed E-state index contributed by atoms with van der Waals surface area (Å²) < 4.78 is 44.8. The molecule has 1 aromatic carbocycles. The Morgan fingerprint density at radius 1 is 1.14 bits per heavy atom. The van der Waals surface area contributed by atoms with Gasteiger partial charge in [0.15, 0.2) is 0 Å². The van der Waals surface area contributed by atoms with E-state index >= 15 is 0 Å². The van der Waals surface area contributed by atoms with Crippen LogP contribution in [0.2, 0.25) is 0 Å². The van der Waals surface area contributed by atoms with Gasteiger partial charge in [0.25, 0.3) is 10.0 Å². The molecule has 2 aromatic rings. The van der Waals surface area contributed by atoms with Gasteiger partial charge in [0.05, 0.1) is 15.6 Å². The van der Waals surface area contributed by atoms with Gasteiger partial charge in [-0.05, 0) is 67.3 Å². The summed E-state index contributed by atoms with van der Waals surface area (Å²) in [6, 6.07) is 8.48.